The number of hydrogen-bond acceptors (Lipinski definition) is 6. The highest BCUT2D eigenvalue weighted by atomic mass is 19.1. The van der Waals surface area contributed by atoms with Gasteiger partial charge in [-0.1, -0.05) is 30.3 Å². The van der Waals surface area contributed by atoms with Crippen molar-refractivity contribution in [2.45, 2.75) is 24.2 Å². The van der Waals surface area contributed by atoms with Gasteiger partial charge in [-0.05, 0) is 55.0 Å². The summed E-state index contributed by atoms with van der Waals surface area (Å²) in [5.41, 5.74) is -1.58. The van der Waals surface area contributed by atoms with Crippen LogP contribution >= 0.6 is 0 Å². The Kier molecular flexibility index (Phi) is 5.62. The van der Waals surface area contributed by atoms with E-state index in [-0.39, 0.29) is 17.9 Å². The number of carbonyl (C=O) groups excluding carboxylic acids is 1. The highest BCUT2D eigenvalue weighted by molar-refractivity contribution is 5.85. The fourth-order valence-corrected chi connectivity index (χ4v) is 4.14. The number of fused-ring (bicyclic) bond motifs is 1. The number of ether oxygens (including phenoxy) is 3. The van der Waals surface area contributed by atoms with Gasteiger partial charge in [0.15, 0.2) is 0 Å². The fourth-order valence-electron chi connectivity index (χ4n) is 4.14. The van der Waals surface area contributed by atoms with E-state index in [2.05, 4.69) is 0 Å². The van der Waals surface area contributed by atoms with Gasteiger partial charge in [0.1, 0.15) is 17.3 Å². The first-order chi connectivity index (χ1) is 15.3. The van der Waals surface area contributed by atoms with Crippen LogP contribution in [0.3, 0.4) is 0 Å². The van der Waals surface area contributed by atoms with E-state index < -0.39 is 29.1 Å². The molecule has 0 spiro atoms. The molecule has 0 aromatic heterocycles. The molecule has 0 aliphatic carbocycles. The number of halogens is 1. The maximum atomic E-state index is 13.6. The third-order valence-electron chi connectivity index (χ3n) is 5.69. The molecule has 7 heteroatoms. The second-order valence-electron chi connectivity index (χ2n) is 7.48. The lowest BCUT2D eigenvalue weighted by Crippen LogP contribution is -2.66. The smallest absolute Gasteiger partial charge is 0.346 e. The summed E-state index contributed by atoms with van der Waals surface area (Å²) in [6.07, 6.45) is 0. The van der Waals surface area contributed by atoms with Gasteiger partial charge in [-0.3, -0.25) is 0 Å². The van der Waals surface area contributed by atoms with E-state index in [0.717, 1.165) is 12.1 Å². The lowest BCUT2D eigenvalue weighted by Gasteiger charge is -2.49. The summed E-state index contributed by atoms with van der Waals surface area (Å²) in [6, 6.07) is 18.3. The number of aliphatic hydroxyl groups is 2. The van der Waals surface area contributed by atoms with Crippen molar-refractivity contribution in [1.82, 2.24) is 0 Å². The second kappa shape index (κ2) is 8.26. The number of carbonyl (C=O) groups is 1. The fraction of sp³-hybridized carbons (Fsp3) is 0.240. The number of esters is 1. The van der Waals surface area contributed by atoms with E-state index in [0.29, 0.717) is 16.9 Å². The van der Waals surface area contributed by atoms with Crippen LogP contribution in [-0.4, -0.2) is 35.5 Å². The topological polar surface area (TPSA) is 85.2 Å². The molecule has 0 fully saturated rings. The first-order valence-electron chi connectivity index (χ1n) is 10.1. The standard InChI is InChI=1S/C25H23FO6/c1-3-31-23(27)24(28)22(16-8-14-19(30-2)15-9-16)20-6-4-5-7-21(20)32-25(24,29)17-10-12-18(26)13-11-17/h4-15,22,28-29H,3H2,1-2H3/t22?,24-,25+/m1/s1. The predicted molar refractivity (Wildman–Crippen MR) is 114 cm³/mol. The minimum absolute atomic E-state index is 0.00229. The lowest BCUT2D eigenvalue weighted by atomic mass is 9.68. The van der Waals surface area contributed by atoms with Crippen molar-refractivity contribution in [3.05, 3.63) is 95.3 Å². The molecule has 0 bridgehead atoms. The van der Waals surface area contributed by atoms with Gasteiger partial charge in [-0.25, -0.2) is 9.18 Å². The highest BCUT2D eigenvalue weighted by Gasteiger charge is 2.67. The molecule has 1 unspecified atom stereocenters. The number of para-hydroxylation sites is 1. The van der Waals surface area contributed by atoms with Crippen LogP contribution in [0.5, 0.6) is 11.5 Å². The van der Waals surface area contributed by atoms with Crippen molar-refractivity contribution in [3.8, 4) is 11.5 Å². The average Bonchev–Trinajstić information content (AvgIpc) is 2.80. The van der Waals surface area contributed by atoms with Gasteiger partial charge < -0.3 is 24.4 Å². The van der Waals surface area contributed by atoms with Crippen molar-refractivity contribution in [2.75, 3.05) is 13.7 Å². The van der Waals surface area contributed by atoms with E-state index in [1.165, 1.54) is 19.2 Å². The molecule has 1 aliphatic rings. The zero-order valence-electron chi connectivity index (χ0n) is 17.6. The molecule has 0 amide bonds. The average molecular weight is 438 g/mol. The predicted octanol–water partition coefficient (Wildman–Crippen LogP) is 3.50. The Hall–Kier alpha value is -3.42. The van der Waals surface area contributed by atoms with Gasteiger partial charge >= 0.3 is 5.97 Å². The monoisotopic (exact) mass is 438 g/mol. The van der Waals surface area contributed by atoms with Crippen LogP contribution in [0.4, 0.5) is 4.39 Å². The second-order valence-corrected chi connectivity index (χ2v) is 7.48. The molecule has 0 saturated carbocycles. The van der Waals surface area contributed by atoms with Crippen molar-refractivity contribution >= 4 is 5.97 Å². The van der Waals surface area contributed by atoms with Crippen molar-refractivity contribution in [1.29, 1.82) is 0 Å². The Morgan fingerprint density at radius 3 is 2.31 bits per heavy atom. The minimum Gasteiger partial charge on any atom is -0.497 e. The summed E-state index contributed by atoms with van der Waals surface area (Å²) in [4.78, 5) is 13.3. The third-order valence-corrected chi connectivity index (χ3v) is 5.69. The molecule has 4 rings (SSSR count). The number of benzene rings is 3. The van der Waals surface area contributed by atoms with E-state index >= 15 is 0 Å². The van der Waals surface area contributed by atoms with Crippen LogP contribution < -0.4 is 9.47 Å². The first kappa shape index (κ1) is 21.8. The van der Waals surface area contributed by atoms with E-state index in [1.54, 1.807) is 55.5 Å². The van der Waals surface area contributed by atoms with Crippen LogP contribution in [0.1, 0.15) is 29.5 Å². The van der Waals surface area contributed by atoms with Gasteiger partial charge in [0, 0.05) is 11.1 Å². The molecule has 3 aromatic carbocycles. The molecule has 3 aromatic rings. The normalized spacial score (nSPS) is 24.2. The summed E-state index contributed by atoms with van der Waals surface area (Å²) in [5.74, 6) is -4.38. The zero-order valence-corrected chi connectivity index (χ0v) is 17.6. The number of rotatable bonds is 5. The molecule has 166 valence electrons. The summed E-state index contributed by atoms with van der Waals surface area (Å²) < 4.78 is 29.9. The Morgan fingerprint density at radius 1 is 1.03 bits per heavy atom. The quantitative estimate of drug-likeness (QED) is 0.593. The molecule has 3 atom stereocenters. The van der Waals surface area contributed by atoms with Gasteiger partial charge in [0.05, 0.1) is 19.6 Å². The number of methoxy groups -OCH3 is 1. The molecule has 1 aliphatic heterocycles. The summed E-state index contributed by atoms with van der Waals surface area (Å²) in [5, 5.41) is 23.8. The minimum atomic E-state index is -2.59. The third kappa shape index (κ3) is 3.30. The first-order valence-corrected chi connectivity index (χ1v) is 10.1. The molecular weight excluding hydrogens is 415 g/mol. The molecule has 1 heterocycles. The summed E-state index contributed by atoms with van der Waals surface area (Å²) >= 11 is 0. The van der Waals surface area contributed by atoms with E-state index in [4.69, 9.17) is 14.2 Å². The number of hydrogen-bond donors (Lipinski definition) is 2. The Balaban J connectivity index is 2.01. The molecule has 2 N–H and O–H groups in total. The maximum Gasteiger partial charge on any atom is 0.346 e. The summed E-state index contributed by atoms with van der Waals surface area (Å²) in [7, 11) is 1.53. The summed E-state index contributed by atoms with van der Waals surface area (Å²) in [6.45, 7) is 1.57. The Labute approximate surface area is 184 Å². The van der Waals surface area contributed by atoms with Crippen molar-refractivity contribution in [3.63, 3.8) is 0 Å². The van der Waals surface area contributed by atoms with Gasteiger partial charge in [0.2, 0.25) is 5.60 Å². The molecule has 0 saturated heterocycles. The van der Waals surface area contributed by atoms with Crippen LogP contribution in [0.2, 0.25) is 0 Å². The molecule has 6 nitrogen and oxygen atoms in total. The van der Waals surface area contributed by atoms with Crippen molar-refractivity contribution < 1.29 is 33.6 Å². The van der Waals surface area contributed by atoms with E-state index in [1.807, 2.05) is 0 Å². The Bertz CT molecular complexity index is 1110. The Morgan fingerprint density at radius 2 is 1.69 bits per heavy atom. The van der Waals surface area contributed by atoms with Crippen LogP contribution in [-0.2, 0) is 15.3 Å². The lowest BCUT2D eigenvalue weighted by molar-refractivity contribution is -0.280. The highest BCUT2D eigenvalue weighted by Crippen LogP contribution is 2.54. The molecule has 0 radical (unpaired) electrons. The van der Waals surface area contributed by atoms with Crippen LogP contribution in [0, 0.1) is 5.82 Å². The SMILES string of the molecule is CCOC(=O)[C@]1(O)C(c2ccc(OC)cc2)c2ccccc2O[C@@]1(O)c1ccc(F)cc1. The van der Waals surface area contributed by atoms with Crippen LogP contribution in [0.15, 0.2) is 72.8 Å². The van der Waals surface area contributed by atoms with Gasteiger partial charge in [-0.2, -0.15) is 0 Å². The maximum absolute atomic E-state index is 13.6. The molecule has 32 heavy (non-hydrogen) atoms. The van der Waals surface area contributed by atoms with Crippen LogP contribution in [0.25, 0.3) is 0 Å². The largest absolute Gasteiger partial charge is 0.497 e. The van der Waals surface area contributed by atoms with Gasteiger partial charge in [-0.15, -0.1) is 0 Å². The molecular formula is C25H23FO6. The van der Waals surface area contributed by atoms with Gasteiger partial charge in [0.25, 0.3) is 5.79 Å². The van der Waals surface area contributed by atoms with E-state index in [9.17, 15) is 19.4 Å². The van der Waals surface area contributed by atoms with Crippen molar-refractivity contribution in [2.24, 2.45) is 0 Å². The zero-order chi connectivity index (χ0) is 22.9.